The van der Waals surface area contributed by atoms with Crippen molar-refractivity contribution in [1.29, 1.82) is 0 Å². The molecule has 0 radical (unpaired) electrons. The Labute approximate surface area is 112 Å². The van der Waals surface area contributed by atoms with Crippen molar-refractivity contribution in [1.82, 2.24) is 10.2 Å². The predicted octanol–water partition coefficient (Wildman–Crippen LogP) is 1.09. The van der Waals surface area contributed by atoms with Crippen LogP contribution in [0.3, 0.4) is 0 Å². The highest BCUT2D eigenvalue weighted by Gasteiger charge is 2.31. The van der Waals surface area contributed by atoms with E-state index < -0.39 is 0 Å². The quantitative estimate of drug-likeness (QED) is 0.717. The smallest absolute Gasteiger partial charge is 0.0933 e. The number of nitrogens with zero attached hydrogens (tertiary/aromatic N) is 1. The van der Waals surface area contributed by atoms with Gasteiger partial charge in [-0.3, -0.25) is 4.90 Å². The molecule has 0 aliphatic carbocycles. The van der Waals surface area contributed by atoms with Crippen molar-refractivity contribution in [2.24, 2.45) is 5.41 Å². The Hall–Kier alpha value is -0.160. The largest absolute Gasteiger partial charge is 0.394 e. The molecule has 108 valence electrons. The monoisotopic (exact) mass is 258 g/mol. The third kappa shape index (κ3) is 4.50. The Morgan fingerprint density at radius 1 is 1.44 bits per heavy atom. The summed E-state index contributed by atoms with van der Waals surface area (Å²) in [5.41, 5.74) is 0.293. The molecular formula is C14H30N2O2. The zero-order chi connectivity index (χ0) is 13.6. The number of morpholine rings is 1. The Morgan fingerprint density at radius 3 is 2.72 bits per heavy atom. The zero-order valence-corrected chi connectivity index (χ0v) is 12.4. The van der Waals surface area contributed by atoms with Gasteiger partial charge in [0.25, 0.3) is 0 Å². The van der Waals surface area contributed by atoms with E-state index >= 15 is 0 Å². The molecule has 1 saturated heterocycles. The molecule has 1 fully saturated rings. The molecule has 1 heterocycles. The predicted molar refractivity (Wildman–Crippen MR) is 74.8 cm³/mol. The van der Waals surface area contributed by atoms with Crippen molar-refractivity contribution >= 4 is 0 Å². The summed E-state index contributed by atoms with van der Waals surface area (Å²) in [6.07, 6.45) is 1.15. The maximum atomic E-state index is 9.23. The molecule has 0 aromatic carbocycles. The third-order valence-corrected chi connectivity index (χ3v) is 4.08. The first kappa shape index (κ1) is 15.9. The number of rotatable bonds is 7. The number of ether oxygens (including phenoxy) is 1. The van der Waals surface area contributed by atoms with Crippen LogP contribution in [0, 0.1) is 5.41 Å². The highest BCUT2D eigenvalue weighted by atomic mass is 16.5. The summed E-state index contributed by atoms with van der Waals surface area (Å²) in [4.78, 5) is 2.46. The fourth-order valence-electron chi connectivity index (χ4n) is 2.42. The highest BCUT2D eigenvalue weighted by molar-refractivity contribution is 4.85. The SMILES string of the molecule is CCNCC(C)(CC)CN1CC(CO)OCC1C. The van der Waals surface area contributed by atoms with Crippen molar-refractivity contribution in [3.05, 3.63) is 0 Å². The van der Waals surface area contributed by atoms with E-state index in [1.807, 2.05) is 0 Å². The average Bonchev–Trinajstić information content (AvgIpc) is 2.39. The molecule has 4 heteroatoms. The van der Waals surface area contributed by atoms with Gasteiger partial charge in [0.15, 0.2) is 0 Å². The number of aliphatic hydroxyl groups is 1. The highest BCUT2D eigenvalue weighted by Crippen LogP contribution is 2.24. The van der Waals surface area contributed by atoms with Crippen LogP contribution in [0.4, 0.5) is 0 Å². The van der Waals surface area contributed by atoms with Crippen LogP contribution in [-0.4, -0.2) is 61.5 Å². The molecule has 1 rings (SSSR count). The Bertz CT molecular complexity index is 238. The van der Waals surface area contributed by atoms with Gasteiger partial charge in [0.2, 0.25) is 0 Å². The van der Waals surface area contributed by atoms with Crippen LogP contribution in [0.25, 0.3) is 0 Å². The minimum atomic E-state index is -0.0126. The van der Waals surface area contributed by atoms with Crippen molar-refractivity contribution in [2.45, 2.75) is 46.3 Å². The van der Waals surface area contributed by atoms with E-state index in [1.54, 1.807) is 0 Å². The zero-order valence-electron chi connectivity index (χ0n) is 12.4. The summed E-state index contributed by atoms with van der Waals surface area (Å²) in [7, 11) is 0. The summed E-state index contributed by atoms with van der Waals surface area (Å²) < 4.78 is 5.59. The van der Waals surface area contributed by atoms with Crippen LogP contribution < -0.4 is 5.32 Å². The minimum absolute atomic E-state index is 0.0126. The summed E-state index contributed by atoms with van der Waals surface area (Å²) >= 11 is 0. The van der Waals surface area contributed by atoms with Gasteiger partial charge in [-0.05, 0) is 25.3 Å². The van der Waals surface area contributed by atoms with Crippen LogP contribution >= 0.6 is 0 Å². The van der Waals surface area contributed by atoms with E-state index in [2.05, 4.69) is 37.9 Å². The summed E-state index contributed by atoms with van der Waals surface area (Å²) in [6, 6.07) is 0.445. The second-order valence-electron chi connectivity index (χ2n) is 5.86. The Morgan fingerprint density at radius 2 is 2.17 bits per heavy atom. The average molecular weight is 258 g/mol. The Balaban J connectivity index is 2.55. The third-order valence-electron chi connectivity index (χ3n) is 4.08. The number of hydrogen-bond donors (Lipinski definition) is 2. The van der Waals surface area contributed by atoms with Gasteiger partial charge >= 0.3 is 0 Å². The topological polar surface area (TPSA) is 44.7 Å². The standard InChI is InChI=1S/C14H30N2O2/c1-5-14(4,10-15-6-2)11-16-7-13(8-17)18-9-12(16)3/h12-13,15,17H,5-11H2,1-4H3. The van der Waals surface area contributed by atoms with Crippen LogP contribution in [-0.2, 0) is 4.74 Å². The molecular weight excluding hydrogens is 228 g/mol. The van der Waals surface area contributed by atoms with Crippen LogP contribution in [0.2, 0.25) is 0 Å². The summed E-state index contributed by atoms with van der Waals surface area (Å²) in [5.74, 6) is 0. The van der Waals surface area contributed by atoms with Crippen molar-refractivity contribution in [2.75, 3.05) is 39.4 Å². The lowest BCUT2D eigenvalue weighted by molar-refractivity contribution is -0.0871. The maximum absolute atomic E-state index is 9.23. The normalized spacial score (nSPS) is 29.2. The van der Waals surface area contributed by atoms with Gasteiger partial charge in [-0.2, -0.15) is 0 Å². The molecule has 18 heavy (non-hydrogen) atoms. The molecule has 0 saturated carbocycles. The number of nitrogens with one attached hydrogen (secondary N) is 1. The van der Waals surface area contributed by atoms with Crippen molar-refractivity contribution in [3.63, 3.8) is 0 Å². The van der Waals surface area contributed by atoms with Gasteiger partial charge in [0.1, 0.15) is 0 Å². The molecule has 3 atom stereocenters. The molecule has 1 aliphatic rings. The van der Waals surface area contributed by atoms with E-state index in [0.29, 0.717) is 11.5 Å². The maximum Gasteiger partial charge on any atom is 0.0933 e. The first-order chi connectivity index (χ1) is 8.54. The summed E-state index contributed by atoms with van der Waals surface area (Å²) in [5, 5.41) is 12.7. The first-order valence-electron chi connectivity index (χ1n) is 7.22. The van der Waals surface area contributed by atoms with Gasteiger partial charge in [-0.25, -0.2) is 0 Å². The molecule has 0 amide bonds. The van der Waals surface area contributed by atoms with E-state index in [1.165, 1.54) is 0 Å². The van der Waals surface area contributed by atoms with Gasteiger partial charge in [0, 0.05) is 25.7 Å². The van der Waals surface area contributed by atoms with E-state index in [-0.39, 0.29) is 12.7 Å². The fourth-order valence-corrected chi connectivity index (χ4v) is 2.42. The Kier molecular flexibility index (Phi) is 6.57. The van der Waals surface area contributed by atoms with E-state index in [0.717, 1.165) is 39.2 Å². The van der Waals surface area contributed by atoms with E-state index in [4.69, 9.17) is 4.74 Å². The van der Waals surface area contributed by atoms with Gasteiger partial charge in [-0.1, -0.05) is 20.8 Å². The van der Waals surface area contributed by atoms with Crippen LogP contribution in [0.15, 0.2) is 0 Å². The molecule has 0 aromatic rings. The lowest BCUT2D eigenvalue weighted by Gasteiger charge is -2.42. The van der Waals surface area contributed by atoms with Gasteiger partial charge in [0.05, 0.1) is 19.3 Å². The molecule has 0 bridgehead atoms. The molecule has 3 unspecified atom stereocenters. The molecule has 0 spiro atoms. The van der Waals surface area contributed by atoms with E-state index in [9.17, 15) is 5.11 Å². The molecule has 2 N–H and O–H groups in total. The molecule has 0 aromatic heterocycles. The van der Waals surface area contributed by atoms with Crippen LogP contribution in [0.1, 0.15) is 34.1 Å². The molecule has 4 nitrogen and oxygen atoms in total. The second kappa shape index (κ2) is 7.43. The van der Waals surface area contributed by atoms with Crippen LogP contribution in [0.5, 0.6) is 0 Å². The first-order valence-corrected chi connectivity index (χ1v) is 7.22. The van der Waals surface area contributed by atoms with Crippen molar-refractivity contribution < 1.29 is 9.84 Å². The number of aliphatic hydroxyl groups excluding tert-OH is 1. The van der Waals surface area contributed by atoms with Crippen molar-refractivity contribution in [3.8, 4) is 0 Å². The number of hydrogen-bond acceptors (Lipinski definition) is 4. The minimum Gasteiger partial charge on any atom is -0.394 e. The second-order valence-corrected chi connectivity index (χ2v) is 5.86. The lowest BCUT2D eigenvalue weighted by atomic mass is 9.86. The fraction of sp³-hybridized carbons (Fsp3) is 1.00. The van der Waals surface area contributed by atoms with Gasteiger partial charge in [-0.15, -0.1) is 0 Å². The van der Waals surface area contributed by atoms with Gasteiger partial charge < -0.3 is 15.2 Å². The molecule has 1 aliphatic heterocycles. The summed E-state index contributed by atoms with van der Waals surface area (Å²) in [6.45, 7) is 13.8. The lowest BCUT2D eigenvalue weighted by Crippen LogP contribution is -2.53.